The molecule has 0 aliphatic rings. The number of aromatic nitrogens is 2. The van der Waals surface area contributed by atoms with Gasteiger partial charge in [0.1, 0.15) is 0 Å². The van der Waals surface area contributed by atoms with Gasteiger partial charge in [0.25, 0.3) is 0 Å². The van der Waals surface area contributed by atoms with Crippen LogP contribution in [-0.4, -0.2) is 20.6 Å². The minimum Gasteiger partial charge on any atom is -0.481 e. The summed E-state index contributed by atoms with van der Waals surface area (Å²) in [4.78, 5) is 14.4. The lowest BCUT2D eigenvalue weighted by Gasteiger charge is -2.06. The van der Waals surface area contributed by atoms with E-state index in [0.29, 0.717) is 12.3 Å². The molecule has 2 aromatic heterocycles. The highest BCUT2D eigenvalue weighted by Crippen LogP contribution is 2.17. The molecule has 0 aliphatic carbocycles. The first-order valence-electron chi connectivity index (χ1n) is 4.96. The summed E-state index contributed by atoms with van der Waals surface area (Å²) in [5, 5.41) is 8.66. The monoisotopic (exact) mass is 220 g/mol. The van der Waals surface area contributed by atoms with Gasteiger partial charge in [-0.05, 0) is 25.5 Å². The van der Waals surface area contributed by atoms with Crippen LogP contribution in [0.4, 0.5) is 0 Å². The molecule has 84 valence electrons. The van der Waals surface area contributed by atoms with Crippen molar-refractivity contribution < 1.29 is 14.3 Å². The van der Waals surface area contributed by atoms with Crippen LogP contribution in [0, 0.1) is 6.92 Å². The molecule has 0 radical (unpaired) electrons. The van der Waals surface area contributed by atoms with Crippen molar-refractivity contribution in [1.82, 2.24) is 9.55 Å². The highest BCUT2D eigenvalue weighted by atomic mass is 16.4. The first-order valence-corrected chi connectivity index (χ1v) is 4.96. The number of hydrogen-bond donors (Lipinski definition) is 1. The van der Waals surface area contributed by atoms with Crippen LogP contribution < -0.4 is 0 Å². The number of carbonyl (C=O) groups is 1. The molecule has 5 heteroatoms. The Kier molecular flexibility index (Phi) is 2.76. The molecule has 2 aromatic rings. The average molecular weight is 220 g/mol. The molecule has 16 heavy (non-hydrogen) atoms. The molecular formula is C11H12N2O3. The minimum atomic E-state index is -0.803. The van der Waals surface area contributed by atoms with Crippen molar-refractivity contribution in [3.63, 3.8) is 0 Å². The predicted molar refractivity (Wildman–Crippen MR) is 56.5 cm³/mol. The average Bonchev–Trinajstić information content (AvgIpc) is 2.83. The molecule has 0 amide bonds. The maximum absolute atomic E-state index is 10.5. The van der Waals surface area contributed by atoms with Gasteiger partial charge < -0.3 is 9.52 Å². The number of oxazole rings is 1. The highest BCUT2D eigenvalue weighted by Gasteiger charge is 2.10. The van der Waals surface area contributed by atoms with E-state index >= 15 is 0 Å². The maximum atomic E-state index is 10.5. The zero-order valence-corrected chi connectivity index (χ0v) is 8.88. The van der Waals surface area contributed by atoms with Crippen molar-refractivity contribution in [2.75, 3.05) is 0 Å². The van der Waals surface area contributed by atoms with Gasteiger partial charge in [-0.3, -0.25) is 9.36 Å². The summed E-state index contributed by atoms with van der Waals surface area (Å²) < 4.78 is 7.08. The van der Waals surface area contributed by atoms with E-state index < -0.39 is 5.97 Å². The van der Waals surface area contributed by atoms with E-state index in [0.717, 1.165) is 11.4 Å². The molecule has 5 nitrogen and oxygen atoms in total. The standard InChI is InChI=1S/C11H12N2O3/c1-8-2-3-9(4-5-11(14)15)13(8)10-6-12-7-16-10/h2-3,6-7H,4-5H2,1H3,(H,14,15). The topological polar surface area (TPSA) is 68.3 Å². The van der Waals surface area contributed by atoms with E-state index in [1.807, 2.05) is 23.6 Å². The van der Waals surface area contributed by atoms with Crippen molar-refractivity contribution >= 4 is 5.97 Å². The summed E-state index contributed by atoms with van der Waals surface area (Å²) >= 11 is 0. The second kappa shape index (κ2) is 4.22. The third-order valence-corrected chi connectivity index (χ3v) is 2.39. The van der Waals surface area contributed by atoms with Crippen LogP contribution in [0.5, 0.6) is 0 Å². The van der Waals surface area contributed by atoms with E-state index in [9.17, 15) is 4.79 Å². The fourth-order valence-electron chi connectivity index (χ4n) is 1.66. The van der Waals surface area contributed by atoms with Gasteiger partial charge in [0, 0.05) is 11.4 Å². The zero-order valence-electron chi connectivity index (χ0n) is 8.88. The van der Waals surface area contributed by atoms with Crippen LogP contribution in [0.3, 0.4) is 0 Å². The Labute approximate surface area is 92.3 Å². The number of carboxylic acids is 1. The lowest BCUT2D eigenvalue weighted by Crippen LogP contribution is -2.04. The minimum absolute atomic E-state index is 0.109. The maximum Gasteiger partial charge on any atom is 0.303 e. The number of nitrogens with zero attached hydrogens (tertiary/aromatic N) is 2. The summed E-state index contributed by atoms with van der Waals surface area (Å²) in [6, 6.07) is 3.83. The number of aliphatic carboxylic acids is 1. The lowest BCUT2D eigenvalue weighted by molar-refractivity contribution is -0.136. The molecule has 0 bridgehead atoms. The number of carboxylic acid groups (broad SMARTS) is 1. The van der Waals surface area contributed by atoms with Gasteiger partial charge in [-0.15, -0.1) is 0 Å². The van der Waals surface area contributed by atoms with Crippen LogP contribution in [0.25, 0.3) is 5.88 Å². The van der Waals surface area contributed by atoms with E-state index in [4.69, 9.17) is 9.52 Å². The van der Waals surface area contributed by atoms with Gasteiger partial charge in [0.05, 0.1) is 12.6 Å². The molecule has 0 fully saturated rings. The first kappa shape index (κ1) is 10.5. The third kappa shape index (κ3) is 1.98. The molecule has 0 saturated heterocycles. The van der Waals surface area contributed by atoms with E-state index in [1.54, 1.807) is 6.20 Å². The molecule has 0 aliphatic heterocycles. The summed E-state index contributed by atoms with van der Waals surface area (Å²) in [5.41, 5.74) is 1.91. The third-order valence-electron chi connectivity index (χ3n) is 2.39. The van der Waals surface area contributed by atoms with Crippen molar-refractivity contribution in [2.24, 2.45) is 0 Å². The van der Waals surface area contributed by atoms with Gasteiger partial charge in [0.2, 0.25) is 5.88 Å². The fraction of sp³-hybridized carbons (Fsp3) is 0.273. The first-order chi connectivity index (χ1) is 7.68. The van der Waals surface area contributed by atoms with Gasteiger partial charge in [-0.25, -0.2) is 4.98 Å². The Hall–Kier alpha value is -2.04. The summed E-state index contributed by atoms with van der Waals surface area (Å²) in [6.07, 6.45) is 3.55. The number of hydrogen-bond acceptors (Lipinski definition) is 3. The van der Waals surface area contributed by atoms with Crippen LogP contribution in [0.2, 0.25) is 0 Å². The summed E-state index contributed by atoms with van der Waals surface area (Å²) in [5.74, 6) is -0.189. The molecule has 0 saturated carbocycles. The molecule has 0 spiro atoms. The Morgan fingerprint density at radius 2 is 2.38 bits per heavy atom. The lowest BCUT2D eigenvalue weighted by atomic mass is 10.2. The van der Waals surface area contributed by atoms with Crippen LogP contribution in [0.15, 0.2) is 29.1 Å². The summed E-state index contributed by atoms with van der Waals surface area (Å²) in [6.45, 7) is 1.94. The predicted octanol–water partition coefficient (Wildman–Crippen LogP) is 1.79. The Bertz CT molecular complexity index is 485. The van der Waals surface area contributed by atoms with Crippen molar-refractivity contribution in [3.05, 3.63) is 36.1 Å². The zero-order chi connectivity index (χ0) is 11.5. The van der Waals surface area contributed by atoms with Crippen LogP contribution in [0.1, 0.15) is 17.8 Å². The highest BCUT2D eigenvalue weighted by molar-refractivity contribution is 5.67. The molecule has 0 unspecified atom stereocenters. The fourth-order valence-corrected chi connectivity index (χ4v) is 1.66. The summed E-state index contributed by atoms with van der Waals surface area (Å²) in [7, 11) is 0. The molecule has 2 heterocycles. The van der Waals surface area contributed by atoms with E-state index in [-0.39, 0.29) is 6.42 Å². The Morgan fingerprint density at radius 3 is 3.00 bits per heavy atom. The smallest absolute Gasteiger partial charge is 0.303 e. The van der Waals surface area contributed by atoms with Crippen LogP contribution >= 0.6 is 0 Å². The quantitative estimate of drug-likeness (QED) is 0.852. The van der Waals surface area contributed by atoms with Gasteiger partial charge in [-0.1, -0.05) is 0 Å². The normalized spacial score (nSPS) is 10.6. The van der Waals surface area contributed by atoms with E-state index in [2.05, 4.69) is 4.98 Å². The molecule has 0 atom stereocenters. The number of rotatable bonds is 4. The van der Waals surface area contributed by atoms with Crippen molar-refractivity contribution in [3.8, 4) is 5.88 Å². The SMILES string of the molecule is Cc1ccc(CCC(=O)O)n1-c1cnco1. The second-order valence-electron chi connectivity index (χ2n) is 3.53. The molecule has 2 rings (SSSR count). The van der Waals surface area contributed by atoms with Gasteiger partial charge in [0.15, 0.2) is 6.39 Å². The van der Waals surface area contributed by atoms with Crippen LogP contribution in [-0.2, 0) is 11.2 Å². The molecule has 0 aromatic carbocycles. The Morgan fingerprint density at radius 1 is 1.56 bits per heavy atom. The molecule has 1 N–H and O–H groups in total. The Balaban J connectivity index is 2.29. The second-order valence-corrected chi connectivity index (χ2v) is 3.53. The van der Waals surface area contributed by atoms with Crippen molar-refractivity contribution in [1.29, 1.82) is 0 Å². The number of aryl methyl sites for hydroxylation is 2. The van der Waals surface area contributed by atoms with Crippen molar-refractivity contribution in [2.45, 2.75) is 19.8 Å². The van der Waals surface area contributed by atoms with Gasteiger partial charge >= 0.3 is 5.97 Å². The van der Waals surface area contributed by atoms with Gasteiger partial charge in [-0.2, -0.15) is 0 Å². The van der Waals surface area contributed by atoms with E-state index in [1.165, 1.54) is 6.39 Å². The largest absolute Gasteiger partial charge is 0.481 e. The molecular weight excluding hydrogens is 208 g/mol.